The van der Waals surface area contributed by atoms with Gasteiger partial charge in [0.1, 0.15) is 12.1 Å². The van der Waals surface area contributed by atoms with E-state index in [-0.39, 0.29) is 17.8 Å². The second-order valence-electron chi connectivity index (χ2n) is 4.49. The Bertz CT molecular complexity index is 605. The largest absolute Gasteiger partial charge is 0.346 e. The fourth-order valence-corrected chi connectivity index (χ4v) is 1.83. The Balaban J connectivity index is 2.06. The first-order chi connectivity index (χ1) is 9.60. The van der Waals surface area contributed by atoms with E-state index in [9.17, 15) is 14.0 Å². The number of nitrogens with one attached hydrogen (secondary N) is 1. The van der Waals surface area contributed by atoms with Gasteiger partial charge in [-0.25, -0.2) is 4.39 Å². The molecule has 0 radical (unpaired) electrons. The smallest absolute Gasteiger partial charge is 0.251 e. The third kappa shape index (κ3) is 3.29. The summed E-state index contributed by atoms with van der Waals surface area (Å²) < 4.78 is 12.8. The average Bonchev–Trinajstić information content (AvgIpc) is 2.48. The van der Waals surface area contributed by atoms with Gasteiger partial charge in [0.05, 0.1) is 6.04 Å². The van der Waals surface area contributed by atoms with Gasteiger partial charge in [-0.05, 0) is 36.8 Å². The van der Waals surface area contributed by atoms with Gasteiger partial charge >= 0.3 is 0 Å². The zero-order valence-corrected chi connectivity index (χ0v) is 11.0. The van der Waals surface area contributed by atoms with Gasteiger partial charge < -0.3 is 5.32 Å². The van der Waals surface area contributed by atoms with E-state index in [1.54, 1.807) is 36.4 Å². The fraction of sp³-hybridized carbons (Fsp3) is 0.125. The van der Waals surface area contributed by atoms with E-state index in [1.165, 1.54) is 12.1 Å². The quantitative estimate of drug-likeness (QED) is 0.868. The maximum absolute atomic E-state index is 12.8. The molecule has 0 aromatic heterocycles. The number of hydrogen-bond acceptors (Lipinski definition) is 2. The molecule has 0 aliphatic carbocycles. The van der Waals surface area contributed by atoms with Crippen LogP contribution in [0.1, 0.15) is 39.2 Å². The third-order valence-corrected chi connectivity index (χ3v) is 3.03. The number of benzene rings is 2. The Morgan fingerprint density at radius 1 is 1.10 bits per heavy atom. The van der Waals surface area contributed by atoms with Gasteiger partial charge in [0.25, 0.3) is 5.91 Å². The first-order valence-electron chi connectivity index (χ1n) is 6.21. The molecular weight excluding hydrogens is 257 g/mol. The third-order valence-electron chi connectivity index (χ3n) is 3.03. The number of amides is 1. The van der Waals surface area contributed by atoms with E-state index >= 15 is 0 Å². The Hall–Kier alpha value is -2.49. The van der Waals surface area contributed by atoms with Crippen LogP contribution in [0, 0.1) is 5.82 Å². The highest BCUT2D eigenvalue weighted by molar-refractivity contribution is 5.95. The minimum absolute atomic E-state index is 0.228. The van der Waals surface area contributed by atoms with Gasteiger partial charge in [-0.2, -0.15) is 0 Å². The van der Waals surface area contributed by atoms with E-state index in [2.05, 4.69) is 5.32 Å². The lowest BCUT2D eigenvalue weighted by molar-refractivity contribution is 0.0939. The zero-order valence-electron chi connectivity index (χ0n) is 11.0. The lowest BCUT2D eigenvalue weighted by Crippen LogP contribution is -2.26. The lowest BCUT2D eigenvalue weighted by atomic mass is 10.1. The van der Waals surface area contributed by atoms with E-state index in [0.717, 1.165) is 11.8 Å². The van der Waals surface area contributed by atoms with Crippen LogP contribution in [0.25, 0.3) is 0 Å². The number of hydrogen-bond donors (Lipinski definition) is 1. The maximum atomic E-state index is 12.8. The minimum atomic E-state index is -0.309. The molecule has 1 atom stereocenters. The molecule has 0 heterocycles. The maximum Gasteiger partial charge on any atom is 0.251 e. The zero-order chi connectivity index (χ0) is 14.5. The van der Waals surface area contributed by atoms with Crippen molar-refractivity contribution in [3.63, 3.8) is 0 Å². The summed E-state index contributed by atoms with van der Waals surface area (Å²) in [5, 5.41) is 2.82. The van der Waals surface area contributed by atoms with Crippen LogP contribution >= 0.6 is 0 Å². The number of aldehydes is 1. The van der Waals surface area contributed by atoms with E-state index in [0.29, 0.717) is 11.1 Å². The van der Waals surface area contributed by atoms with Crippen molar-refractivity contribution in [1.29, 1.82) is 0 Å². The van der Waals surface area contributed by atoms with Crippen molar-refractivity contribution < 1.29 is 14.0 Å². The van der Waals surface area contributed by atoms with Crippen LogP contribution in [0.5, 0.6) is 0 Å². The molecule has 2 rings (SSSR count). The van der Waals surface area contributed by atoms with Gasteiger partial charge in [-0.1, -0.05) is 24.3 Å². The lowest BCUT2D eigenvalue weighted by Gasteiger charge is -2.14. The molecule has 20 heavy (non-hydrogen) atoms. The molecule has 1 N–H and O–H groups in total. The van der Waals surface area contributed by atoms with Gasteiger partial charge in [-0.15, -0.1) is 0 Å². The Morgan fingerprint density at radius 2 is 1.70 bits per heavy atom. The predicted octanol–water partition coefficient (Wildman–Crippen LogP) is 3.13. The molecule has 0 unspecified atom stereocenters. The highest BCUT2D eigenvalue weighted by Gasteiger charge is 2.11. The van der Waals surface area contributed by atoms with Crippen LogP contribution in [0.15, 0.2) is 48.5 Å². The molecule has 0 aliphatic heterocycles. The summed E-state index contributed by atoms with van der Waals surface area (Å²) in [6.45, 7) is 1.82. The van der Waals surface area contributed by atoms with Crippen molar-refractivity contribution in [2.24, 2.45) is 0 Å². The van der Waals surface area contributed by atoms with Gasteiger partial charge in [0.15, 0.2) is 0 Å². The molecular formula is C16H14FNO2. The van der Waals surface area contributed by atoms with Crippen molar-refractivity contribution in [3.05, 3.63) is 71.0 Å². The van der Waals surface area contributed by atoms with Crippen LogP contribution < -0.4 is 5.32 Å². The van der Waals surface area contributed by atoms with Crippen LogP contribution in [-0.4, -0.2) is 12.2 Å². The minimum Gasteiger partial charge on any atom is -0.346 e. The molecule has 0 fully saturated rings. The summed E-state index contributed by atoms with van der Waals surface area (Å²) in [6.07, 6.45) is 0.725. The molecule has 0 bridgehead atoms. The summed E-state index contributed by atoms with van der Waals surface area (Å²) >= 11 is 0. The highest BCUT2D eigenvalue weighted by Crippen LogP contribution is 2.14. The van der Waals surface area contributed by atoms with Crippen LogP contribution in [0.2, 0.25) is 0 Å². The normalized spacial score (nSPS) is 11.7. The fourth-order valence-electron chi connectivity index (χ4n) is 1.83. The summed E-state index contributed by atoms with van der Waals surface area (Å²) in [7, 11) is 0. The molecule has 4 heteroatoms. The van der Waals surface area contributed by atoms with Gasteiger partial charge in [0, 0.05) is 11.1 Å². The molecule has 0 saturated carbocycles. The van der Waals surface area contributed by atoms with Crippen molar-refractivity contribution >= 4 is 12.2 Å². The first-order valence-corrected chi connectivity index (χ1v) is 6.21. The standard InChI is InChI=1S/C16H14FNO2/c1-11(13-6-8-15(17)9-7-13)18-16(20)14-4-2-12(10-19)3-5-14/h2-11H,1H3,(H,18,20)/t11-/m0/s1. The van der Waals surface area contributed by atoms with Crippen molar-refractivity contribution in [2.75, 3.05) is 0 Å². The number of rotatable bonds is 4. The molecule has 3 nitrogen and oxygen atoms in total. The van der Waals surface area contributed by atoms with Crippen LogP contribution in [0.3, 0.4) is 0 Å². The van der Waals surface area contributed by atoms with E-state index in [4.69, 9.17) is 0 Å². The van der Waals surface area contributed by atoms with Crippen molar-refractivity contribution in [2.45, 2.75) is 13.0 Å². The van der Waals surface area contributed by atoms with E-state index < -0.39 is 0 Å². The highest BCUT2D eigenvalue weighted by atomic mass is 19.1. The molecule has 2 aromatic rings. The summed E-state index contributed by atoms with van der Waals surface area (Å²) in [5.74, 6) is -0.545. The Labute approximate surface area is 116 Å². The molecule has 0 aliphatic rings. The number of carbonyl (C=O) groups excluding carboxylic acids is 2. The van der Waals surface area contributed by atoms with Crippen LogP contribution in [-0.2, 0) is 0 Å². The Kier molecular flexibility index (Phi) is 4.25. The molecule has 0 spiro atoms. The molecule has 2 aromatic carbocycles. The topological polar surface area (TPSA) is 46.2 Å². The monoisotopic (exact) mass is 271 g/mol. The Morgan fingerprint density at radius 3 is 2.25 bits per heavy atom. The molecule has 102 valence electrons. The predicted molar refractivity (Wildman–Crippen MR) is 74.1 cm³/mol. The average molecular weight is 271 g/mol. The summed E-state index contributed by atoms with van der Waals surface area (Å²) in [5.41, 5.74) is 1.82. The summed E-state index contributed by atoms with van der Waals surface area (Å²) in [4.78, 5) is 22.6. The SMILES string of the molecule is C[C@H](NC(=O)c1ccc(C=O)cc1)c1ccc(F)cc1. The van der Waals surface area contributed by atoms with E-state index in [1.807, 2.05) is 6.92 Å². The van der Waals surface area contributed by atoms with Gasteiger partial charge in [0.2, 0.25) is 0 Å². The van der Waals surface area contributed by atoms with Gasteiger partial charge in [-0.3, -0.25) is 9.59 Å². The molecule has 0 saturated heterocycles. The van der Waals surface area contributed by atoms with Crippen molar-refractivity contribution in [3.8, 4) is 0 Å². The summed E-state index contributed by atoms with van der Waals surface area (Å²) in [6, 6.07) is 12.1. The van der Waals surface area contributed by atoms with Crippen LogP contribution in [0.4, 0.5) is 4.39 Å². The second kappa shape index (κ2) is 6.10. The number of halogens is 1. The second-order valence-corrected chi connectivity index (χ2v) is 4.49. The number of carbonyl (C=O) groups is 2. The molecule has 1 amide bonds. The first kappa shape index (κ1) is 13.9. The van der Waals surface area contributed by atoms with Crippen molar-refractivity contribution in [1.82, 2.24) is 5.32 Å².